The minimum absolute atomic E-state index is 0.132. The lowest BCUT2D eigenvalue weighted by atomic mass is 9.76. The van der Waals surface area contributed by atoms with Gasteiger partial charge in [-0.25, -0.2) is 0 Å². The molecule has 1 N–H and O–H groups in total. The van der Waals surface area contributed by atoms with Crippen LogP contribution in [-0.4, -0.2) is 18.1 Å². The lowest BCUT2D eigenvalue weighted by Crippen LogP contribution is -2.24. The van der Waals surface area contributed by atoms with Gasteiger partial charge in [0.05, 0.1) is 12.5 Å². The van der Waals surface area contributed by atoms with E-state index in [1.165, 1.54) is 12.8 Å². The third-order valence-electron chi connectivity index (χ3n) is 5.24. The maximum atomic E-state index is 11.7. The van der Waals surface area contributed by atoms with E-state index in [0.29, 0.717) is 12.3 Å². The second-order valence-electron chi connectivity index (χ2n) is 6.95. The molecule has 2 aliphatic rings. The van der Waals surface area contributed by atoms with Crippen LogP contribution in [0.5, 0.6) is 0 Å². The molecule has 1 aromatic rings. The van der Waals surface area contributed by atoms with Crippen molar-refractivity contribution in [1.82, 2.24) is 0 Å². The standard InChI is InChI=1S/C17H23NO2/c1-17(2)8-4-5-13(17)16(20)11-6-7-14-12(9-11)10-15(19)18(14)3/h6-7,9,13,16,20H,4-5,8,10H2,1-3H3. The van der Waals surface area contributed by atoms with Crippen molar-refractivity contribution in [3.63, 3.8) is 0 Å². The quantitative estimate of drug-likeness (QED) is 0.899. The average molecular weight is 273 g/mol. The first-order chi connectivity index (χ1) is 9.40. The molecule has 1 saturated carbocycles. The first-order valence-corrected chi connectivity index (χ1v) is 7.47. The third-order valence-corrected chi connectivity index (χ3v) is 5.24. The number of likely N-dealkylation sites (N-methyl/N-ethyl adjacent to an activating group) is 1. The summed E-state index contributed by atoms with van der Waals surface area (Å²) in [6, 6.07) is 5.98. The summed E-state index contributed by atoms with van der Waals surface area (Å²) in [5, 5.41) is 10.7. The van der Waals surface area contributed by atoms with Crippen LogP contribution in [0.4, 0.5) is 5.69 Å². The van der Waals surface area contributed by atoms with Crippen LogP contribution in [0.25, 0.3) is 0 Å². The van der Waals surface area contributed by atoms with Crippen molar-refractivity contribution in [3.05, 3.63) is 29.3 Å². The Bertz CT molecular complexity index is 550. The first kappa shape index (κ1) is 13.6. The van der Waals surface area contributed by atoms with Gasteiger partial charge in [-0.3, -0.25) is 4.79 Å². The van der Waals surface area contributed by atoms with Gasteiger partial charge in [-0.1, -0.05) is 32.4 Å². The first-order valence-electron chi connectivity index (χ1n) is 7.47. The molecule has 3 heteroatoms. The largest absolute Gasteiger partial charge is 0.388 e. The van der Waals surface area contributed by atoms with E-state index in [4.69, 9.17) is 0 Å². The molecule has 108 valence electrons. The van der Waals surface area contributed by atoms with Crippen LogP contribution < -0.4 is 4.90 Å². The van der Waals surface area contributed by atoms with Crippen LogP contribution in [0.3, 0.4) is 0 Å². The van der Waals surface area contributed by atoms with Crippen molar-refractivity contribution in [1.29, 1.82) is 0 Å². The Morgan fingerprint density at radius 1 is 1.40 bits per heavy atom. The van der Waals surface area contributed by atoms with E-state index >= 15 is 0 Å². The summed E-state index contributed by atoms with van der Waals surface area (Å²) in [5.74, 6) is 0.447. The van der Waals surface area contributed by atoms with Crippen LogP contribution in [0.2, 0.25) is 0 Å². The predicted octanol–water partition coefficient (Wildman–Crippen LogP) is 3.07. The van der Waals surface area contributed by atoms with Gasteiger partial charge in [0.1, 0.15) is 0 Å². The van der Waals surface area contributed by atoms with Gasteiger partial charge < -0.3 is 10.0 Å². The smallest absolute Gasteiger partial charge is 0.231 e. The number of hydrogen-bond donors (Lipinski definition) is 1. The number of carbonyl (C=O) groups is 1. The zero-order valence-corrected chi connectivity index (χ0v) is 12.5. The molecule has 1 heterocycles. The SMILES string of the molecule is CN1C(=O)Cc2cc(C(O)C3CCCC3(C)C)ccc21. The van der Waals surface area contributed by atoms with E-state index in [0.717, 1.165) is 23.2 Å². The Hall–Kier alpha value is -1.35. The van der Waals surface area contributed by atoms with E-state index in [2.05, 4.69) is 13.8 Å². The van der Waals surface area contributed by atoms with Gasteiger partial charge in [-0.05, 0) is 41.4 Å². The van der Waals surface area contributed by atoms with Crippen LogP contribution in [0, 0.1) is 11.3 Å². The molecule has 1 fully saturated rings. The normalized spacial score (nSPS) is 25.9. The number of anilines is 1. The summed E-state index contributed by atoms with van der Waals surface area (Å²) in [7, 11) is 1.81. The van der Waals surface area contributed by atoms with Gasteiger partial charge in [-0.2, -0.15) is 0 Å². The van der Waals surface area contributed by atoms with Crippen molar-refractivity contribution >= 4 is 11.6 Å². The number of hydrogen-bond acceptors (Lipinski definition) is 2. The molecule has 2 atom stereocenters. The van der Waals surface area contributed by atoms with Gasteiger partial charge in [0, 0.05) is 12.7 Å². The molecule has 0 saturated heterocycles. The Morgan fingerprint density at radius 2 is 2.15 bits per heavy atom. The highest BCUT2D eigenvalue weighted by atomic mass is 16.3. The molecular weight excluding hydrogens is 250 g/mol. The average Bonchev–Trinajstić information content (AvgIpc) is 2.89. The number of benzene rings is 1. The highest BCUT2D eigenvalue weighted by Gasteiger charge is 2.39. The van der Waals surface area contributed by atoms with Crippen molar-refractivity contribution in [2.45, 2.75) is 45.6 Å². The third kappa shape index (κ3) is 2.05. The molecule has 1 aromatic carbocycles. The molecule has 2 unspecified atom stereocenters. The molecule has 0 bridgehead atoms. The molecule has 1 amide bonds. The number of carbonyl (C=O) groups excluding carboxylic acids is 1. The van der Waals surface area contributed by atoms with Gasteiger partial charge in [0.2, 0.25) is 5.91 Å². The highest BCUT2D eigenvalue weighted by molar-refractivity contribution is 6.00. The van der Waals surface area contributed by atoms with Gasteiger partial charge >= 0.3 is 0 Å². The van der Waals surface area contributed by atoms with E-state index in [1.807, 2.05) is 25.2 Å². The second kappa shape index (κ2) is 4.59. The summed E-state index contributed by atoms with van der Waals surface area (Å²) >= 11 is 0. The Balaban J connectivity index is 1.89. The second-order valence-corrected chi connectivity index (χ2v) is 6.95. The fourth-order valence-electron chi connectivity index (χ4n) is 3.85. The fourth-order valence-corrected chi connectivity index (χ4v) is 3.85. The van der Waals surface area contributed by atoms with E-state index in [-0.39, 0.29) is 11.3 Å². The monoisotopic (exact) mass is 273 g/mol. The Kier molecular flexibility index (Phi) is 3.13. The Labute approximate surface area is 120 Å². The number of fused-ring (bicyclic) bond motifs is 1. The number of aliphatic hydroxyl groups excluding tert-OH is 1. The molecule has 1 aliphatic carbocycles. The van der Waals surface area contributed by atoms with Crippen molar-refractivity contribution in [3.8, 4) is 0 Å². The molecule has 3 rings (SSSR count). The van der Waals surface area contributed by atoms with Crippen molar-refractivity contribution < 1.29 is 9.90 Å². The Morgan fingerprint density at radius 3 is 2.80 bits per heavy atom. The van der Waals surface area contributed by atoms with E-state index in [1.54, 1.807) is 4.90 Å². The van der Waals surface area contributed by atoms with Crippen LogP contribution >= 0.6 is 0 Å². The van der Waals surface area contributed by atoms with Crippen molar-refractivity contribution in [2.24, 2.45) is 11.3 Å². The molecule has 0 aromatic heterocycles. The molecule has 20 heavy (non-hydrogen) atoms. The minimum Gasteiger partial charge on any atom is -0.388 e. The lowest BCUT2D eigenvalue weighted by Gasteiger charge is -2.31. The topological polar surface area (TPSA) is 40.5 Å². The zero-order chi connectivity index (χ0) is 14.5. The minimum atomic E-state index is -0.418. The number of aliphatic hydroxyl groups is 1. The zero-order valence-electron chi connectivity index (χ0n) is 12.5. The van der Waals surface area contributed by atoms with Gasteiger partial charge in [0.25, 0.3) is 0 Å². The van der Waals surface area contributed by atoms with Gasteiger partial charge in [-0.15, -0.1) is 0 Å². The highest BCUT2D eigenvalue weighted by Crippen LogP contribution is 2.49. The van der Waals surface area contributed by atoms with Crippen LogP contribution in [0.1, 0.15) is 50.3 Å². The number of nitrogens with zero attached hydrogens (tertiary/aromatic N) is 1. The maximum absolute atomic E-state index is 11.7. The molecule has 0 spiro atoms. The summed E-state index contributed by atoms with van der Waals surface area (Å²) in [6.07, 6.45) is 3.51. The van der Waals surface area contributed by atoms with Gasteiger partial charge in [0.15, 0.2) is 0 Å². The summed E-state index contributed by atoms with van der Waals surface area (Å²) in [5.41, 5.74) is 3.19. The van der Waals surface area contributed by atoms with Crippen molar-refractivity contribution in [2.75, 3.05) is 11.9 Å². The van der Waals surface area contributed by atoms with E-state index < -0.39 is 6.10 Å². The molecular formula is C17H23NO2. The molecule has 0 radical (unpaired) electrons. The summed E-state index contributed by atoms with van der Waals surface area (Å²) < 4.78 is 0. The molecule has 1 aliphatic heterocycles. The summed E-state index contributed by atoms with van der Waals surface area (Å²) in [4.78, 5) is 13.4. The predicted molar refractivity (Wildman–Crippen MR) is 79.6 cm³/mol. The maximum Gasteiger partial charge on any atom is 0.231 e. The van der Waals surface area contributed by atoms with Crippen LogP contribution in [0.15, 0.2) is 18.2 Å². The summed E-state index contributed by atoms with van der Waals surface area (Å²) in [6.45, 7) is 4.50. The van der Waals surface area contributed by atoms with E-state index in [9.17, 15) is 9.90 Å². The number of amides is 1. The lowest BCUT2D eigenvalue weighted by molar-refractivity contribution is -0.117. The fraction of sp³-hybridized carbons (Fsp3) is 0.588. The number of rotatable bonds is 2. The molecule has 3 nitrogen and oxygen atoms in total. The van der Waals surface area contributed by atoms with Crippen LogP contribution in [-0.2, 0) is 11.2 Å².